The van der Waals surface area contributed by atoms with Crippen LogP contribution in [0.25, 0.3) is 0 Å². The topological polar surface area (TPSA) is 47.1 Å². The van der Waals surface area contributed by atoms with Crippen molar-refractivity contribution in [2.24, 2.45) is 17.6 Å². The van der Waals surface area contributed by atoms with Crippen molar-refractivity contribution in [1.29, 1.82) is 0 Å². The van der Waals surface area contributed by atoms with Crippen LogP contribution in [-0.2, 0) is 13.0 Å². The Hall–Kier alpha value is -1.03. The number of hydrogen-bond acceptors (Lipinski definition) is 3. The second-order valence-corrected chi connectivity index (χ2v) is 6.31. The summed E-state index contributed by atoms with van der Waals surface area (Å²) in [5, 5.41) is 0. The Labute approximate surface area is 117 Å². The van der Waals surface area contributed by atoms with Gasteiger partial charge >= 0.3 is 0 Å². The molecule has 0 aliphatic carbocycles. The van der Waals surface area contributed by atoms with Gasteiger partial charge in [0.1, 0.15) is 0 Å². The molecule has 2 N–H and O–H groups in total. The van der Waals surface area contributed by atoms with Gasteiger partial charge in [0.25, 0.3) is 0 Å². The molecule has 108 valence electrons. The van der Waals surface area contributed by atoms with E-state index in [1.165, 1.54) is 5.69 Å². The van der Waals surface area contributed by atoms with Crippen LogP contribution < -0.4 is 10.6 Å². The largest absolute Gasteiger partial charge is 0.342 e. The Morgan fingerprint density at radius 1 is 1.47 bits per heavy atom. The van der Waals surface area contributed by atoms with E-state index in [9.17, 15) is 0 Å². The van der Waals surface area contributed by atoms with Gasteiger partial charge in [0.05, 0.1) is 5.69 Å². The third-order valence-electron chi connectivity index (χ3n) is 3.98. The maximum Gasteiger partial charge on any atom is 0.205 e. The van der Waals surface area contributed by atoms with Crippen molar-refractivity contribution in [2.75, 3.05) is 18.0 Å². The van der Waals surface area contributed by atoms with Gasteiger partial charge in [-0.05, 0) is 24.7 Å². The molecule has 2 rings (SSSR count). The maximum absolute atomic E-state index is 6.11. The quantitative estimate of drug-likeness (QED) is 0.907. The van der Waals surface area contributed by atoms with Crippen LogP contribution in [-0.4, -0.2) is 28.7 Å². The first-order chi connectivity index (χ1) is 9.01. The van der Waals surface area contributed by atoms with Gasteiger partial charge in [0.2, 0.25) is 5.95 Å². The molecule has 1 saturated heterocycles. The van der Waals surface area contributed by atoms with Gasteiger partial charge in [0.15, 0.2) is 0 Å². The lowest BCUT2D eigenvalue weighted by Gasteiger charge is -2.36. The van der Waals surface area contributed by atoms with E-state index in [0.29, 0.717) is 17.9 Å². The lowest BCUT2D eigenvalue weighted by atomic mass is 9.95. The minimum Gasteiger partial charge on any atom is -0.342 e. The second-order valence-electron chi connectivity index (χ2n) is 6.31. The number of aromatic nitrogens is 2. The van der Waals surface area contributed by atoms with Crippen LogP contribution >= 0.6 is 0 Å². The molecule has 0 saturated carbocycles. The SMILES string of the molecule is CCc1cn(CC(C)C)c(N2CCC(N)C(C)C2)n1. The van der Waals surface area contributed by atoms with Gasteiger partial charge in [-0.3, -0.25) is 0 Å². The number of piperidine rings is 1. The average molecular weight is 264 g/mol. The van der Waals surface area contributed by atoms with Crippen LogP contribution in [0, 0.1) is 11.8 Å². The zero-order chi connectivity index (χ0) is 14.0. The molecule has 4 heteroatoms. The first kappa shape index (κ1) is 14.4. The Bertz CT molecular complexity index is 410. The summed E-state index contributed by atoms with van der Waals surface area (Å²) in [7, 11) is 0. The Balaban J connectivity index is 2.20. The lowest BCUT2D eigenvalue weighted by molar-refractivity contribution is 0.375. The first-order valence-corrected chi connectivity index (χ1v) is 7.57. The van der Waals surface area contributed by atoms with E-state index in [1.807, 2.05) is 0 Å². The number of anilines is 1. The molecule has 2 heterocycles. The molecule has 0 spiro atoms. The van der Waals surface area contributed by atoms with Crippen molar-refractivity contribution in [3.05, 3.63) is 11.9 Å². The highest BCUT2D eigenvalue weighted by Crippen LogP contribution is 2.23. The summed E-state index contributed by atoms with van der Waals surface area (Å²) >= 11 is 0. The highest BCUT2D eigenvalue weighted by molar-refractivity contribution is 5.35. The van der Waals surface area contributed by atoms with Crippen molar-refractivity contribution < 1.29 is 0 Å². The molecule has 1 aliphatic heterocycles. The van der Waals surface area contributed by atoms with Gasteiger partial charge in [-0.25, -0.2) is 4.98 Å². The molecular formula is C15H28N4. The standard InChI is InChI=1S/C15H28N4/c1-5-13-10-19(8-11(2)3)15(17-13)18-7-6-14(16)12(4)9-18/h10-12,14H,5-9,16H2,1-4H3. The maximum atomic E-state index is 6.11. The number of nitrogens with two attached hydrogens (primary N) is 1. The van der Waals surface area contributed by atoms with E-state index in [1.54, 1.807) is 0 Å². The molecule has 1 aromatic rings. The molecule has 1 fully saturated rings. The van der Waals surface area contributed by atoms with Gasteiger partial charge in [-0.2, -0.15) is 0 Å². The molecule has 1 aromatic heterocycles. The van der Waals surface area contributed by atoms with E-state index < -0.39 is 0 Å². The highest BCUT2D eigenvalue weighted by Gasteiger charge is 2.26. The van der Waals surface area contributed by atoms with Crippen molar-refractivity contribution in [3.8, 4) is 0 Å². The Morgan fingerprint density at radius 3 is 2.79 bits per heavy atom. The van der Waals surface area contributed by atoms with Crippen LogP contribution in [0.3, 0.4) is 0 Å². The Kier molecular flexibility index (Phi) is 4.50. The predicted molar refractivity (Wildman–Crippen MR) is 80.4 cm³/mol. The van der Waals surface area contributed by atoms with Crippen LogP contribution in [0.1, 0.15) is 39.8 Å². The van der Waals surface area contributed by atoms with Gasteiger partial charge in [0, 0.05) is 31.9 Å². The molecule has 2 atom stereocenters. The molecule has 4 nitrogen and oxygen atoms in total. The van der Waals surface area contributed by atoms with Crippen LogP contribution in [0.5, 0.6) is 0 Å². The number of nitrogens with zero attached hydrogens (tertiary/aromatic N) is 3. The predicted octanol–water partition coefficient (Wildman–Crippen LogP) is 2.28. The summed E-state index contributed by atoms with van der Waals surface area (Å²) in [5.74, 6) is 2.33. The summed E-state index contributed by atoms with van der Waals surface area (Å²) in [6.07, 6.45) is 4.28. The smallest absolute Gasteiger partial charge is 0.205 e. The third-order valence-corrected chi connectivity index (χ3v) is 3.98. The molecule has 2 unspecified atom stereocenters. The number of rotatable bonds is 4. The van der Waals surface area contributed by atoms with Crippen molar-refractivity contribution in [3.63, 3.8) is 0 Å². The molecule has 19 heavy (non-hydrogen) atoms. The summed E-state index contributed by atoms with van der Waals surface area (Å²) < 4.78 is 2.33. The lowest BCUT2D eigenvalue weighted by Crippen LogP contribution is -2.46. The van der Waals surface area contributed by atoms with Crippen LogP contribution in [0.4, 0.5) is 5.95 Å². The van der Waals surface area contributed by atoms with Crippen molar-refractivity contribution in [1.82, 2.24) is 9.55 Å². The fourth-order valence-corrected chi connectivity index (χ4v) is 2.75. The van der Waals surface area contributed by atoms with E-state index >= 15 is 0 Å². The van der Waals surface area contributed by atoms with Crippen molar-refractivity contribution in [2.45, 2.75) is 53.1 Å². The summed E-state index contributed by atoms with van der Waals surface area (Å²) in [6.45, 7) is 12.0. The first-order valence-electron chi connectivity index (χ1n) is 7.57. The number of imidazole rings is 1. The van der Waals surface area contributed by atoms with E-state index in [0.717, 1.165) is 38.4 Å². The van der Waals surface area contributed by atoms with E-state index in [-0.39, 0.29) is 0 Å². The fourth-order valence-electron chi connectivity index (χ4n) is 2.75. The number of aryl methyl sites for hydroxylation is 1. The van der Waals surface area contributed by atoms with Gasteiger partial charge < -0.3 is 15.2 Å². The second kappa shape index (κ2) is 5.95. The fraction of sp³-hybridized carbons (Fsp3) is 0.800. The van der Waals surface area contributed by atoms with Crippen molar-refractivity contribution >= 4 is 5.95 Å². The molecule has 1 aliphatic rings. The zero-order valence-corrected chi connectivity index (χ0v) is 12.8. The number of hydrogen-bond donors (Lipinski definition) is 1. The molecule has 0 radical (unpaired) electrons. The summed E-state index contributed by atoms with van der Waals surface area (Å²) in [6, 6.07) is 0.343. The highest BCUT2D eigenvalue weighted by atomic mass is 15.3. The normalized spacial score (nSPS) is 24.2. The Morgan fingerprint density at radius 2 is 2.21 bits per heavy atom. The zero-order valence-electron chi connectivity index (χ0n) is 12.8. The van der Waals surface area contributed by atoms with Gasteiger partial charge in [-0.15, -0.1) is 0 Å². The van der Waals surface area contributed by atoms with Crippen LogP contribution in [0.2, 0.25) is 0 Å². The third kappa shape index (κ3) is 3.30. The van der Waals surface area contributed by atoms with E-state index in [2.05, 4.69) is 43.4 Å². The monoisotopic (exact) mass is 264 g/mol. The summed E-state index contributed by atoms with van der Waals surface area (Å²) in [5.41, 5.74) is 7.31. The minimum atomic E-state index is 0.343. The van der Waals surface area contributed by atoms with Gasteiger partial charge in [-0.1, -0.05) is 27.7 Å². The minimum absolute atomic E-state index is 0.343. The van der Waals surface area contributed by atoms with E-state index in [4.69, 9.17) is 10.7 Å². The average Bonchev–Trinajstić information content (AvgIpc) is 2.75. The summed E-state index contributed by atoms with van der Waals surface area (Å²) in [4.78, 5) is 7.23. The van der Waals surface area contributed by atoms with Crippen LogP contribution in [0.15, 0.2) is 6.20 Å². The molecule has 0 amide bonds. The molecule has 0 bridgehead atoms. The molecule has 0 aromatic carbocycles. The molecular weight excluding hydrogens is 236 g/mol.